The Balaban J connectivity index is 1.89. The van der Waals surface area contributed by atoms with E-state index in [0.29, 0.717) is 5.57 Å². The number of allylic oxidation sites excluding steroid dienone is 1. The van der Waals surface area contributed by atoms with Gasteiger partial charge in [0.05, 0.1) is 6.04 Å². The molecule has 1 atom stereocenters. The molecular weight excluding hydrogens is 324 g/mol. The smallest absolute Gasteiger partial charge is 0.321 e. The van der Waals surface area contributed by atoms with Gasteiger partial charge in [-0.15, -0.1) is 0 Å². The Morgan fingerprint density at radius 3 is 2.19 bits per heavy atom. The highest BCUT2D eigenvalue weighted by atomic mass is 16.2. The van der Waals surface area contributed by atoms with Crippen LogP contribution in [0.4, 0.5) is 4.79 Å². The third kappa shape index (κ3) is 3.91. The van der Waals surface area contributed by atoms with Crippen LogP contribution in [0, 0.1) is 13.8 Å². The van der Waals surface area contributed by atoms with Crippen LogP contribution in [0.5, 0.6) is 0 Å². The molecule has 2 aromatic carbocycles. The number of hydrogen-bond acceptors (Lipinski definition) is 2. The summed E-state index contributed by atoms with van der Waals surface area (Å²) in [5.74, 6) is -0.122. The Morgan fingerprint density at radius 1 is 1.00 bits per heavy atom. The Hall–Kier alpha value is -3.14. The molecule has 1 aliphatic rings. The topological polar surface area (TPSA) is 49.4 Å². The van der Waals surface area contributed by atoms with Gasteiger partial charge in [0.2, 0.25) is 0 Å². The van der Waals surface area contributed by atoms with Crippen molar-refractivity contribution in [3.63, 3.8) is 0 Å². The average molecular weight is 346 g/mol. The highest BCUT2D eigenvalue weighted by molar-refractivity contribution is 6.08. The van der Waals surface area contributed by atoms with Gasteiger partial charge < -0.3 is 10.2 Å². The van der Waals surface area contributed by atoms with Crippen LogP contribution in [-0.2, 0) is 4.79 Å². The van der Waals surface area contributed by atoms with Gasteiger partial charge in [-0.1, -0.05) is 65.7 Å². The molecule has 1 aliphatic heterocycles. The molecule has 2 aromatic rings. The van der Waals surface area contributed by atoms with E-state index >= 15 is 0 Å². The quantitative estimate of drug-likeness (QED) is 0.845. The number of amides is 2. The highest BCUT2D eigenvalue weighted by Gasteiger charge is 2.29. The van der Waals surface area contributed by atoms with E-state index < -0.39 is 6.04 Å². The molecule has 0 unspecified atom stereocenters. The second kappa shape index (κ2) is 7.40. The Morgan fingerprint density at radius 2 is 1.58 bits per heavy atom. The Kier molecular flexibility index (Phi) is 5.03. The fourth-order valence-electron chi connectivity index (χ4n) is 2.82. The molecule has 0 saturated heterocycles. The van der Waals surface area contributed by atoms with Crippen molar-refractivity contribution in [2.24, 2.45) is 0 Å². The standard InChI is InChI=1S/C22H22N2O2/c1-15-4-8-17(9-5-15)10-13-20(25)19-14-24(3)22(26)23-21(19)18-11-6-16(2)7-12-18/h4-14,21H,1-3H3,(H,23,26)/b13-10+/t21-/m1/s1. The summed E-state index contributed by atoms with van der Waals surface area (Å²) in [6, 6.07) is 15.1. The predicted octanol–water partition coefficient (Wildman–Crippen LogP) is 4.17. The van der Waals surface area contributed by atoms with E-state index in [9.17, 15) is 9.59 Å². The molecule has 26 heavy (non-hydrogen) atoms. The molecule has 132 valence electrons. The van der Waals surface area contributed by atoms with Crippen LogP contribution in [-0.4, -0.2) is 23.8 Å². The maximum atomic E-state index is 12.8. The van der Waals surface area contributed by atoms with E-state index in [1.54, 1.807) is 25.4 Å². The van der Waals surface area contributed by atoms with Gasteiger partial charge in [-0.25, -0.2) is 4.79 Å². The second-order valence-corrected chi connectivity index (χ2v) is 6.60. The van der Waals surface area contributed by atoms with Gasteiger partial charge in [0.15, 0.2) is 5.78 Å². The SMILES string of the molecule is Cc1ccc(/C=C/C(=O)C2=CN(C)C(=O)N[C@@H]2c2ccc(C)cc2)cc1. The van der Waals surface area contributed by atoms with Crippen molar-refractivity contribution < 1.29 is 9.59 Å². The molecule has 0 aromatic heterocycles. The summed E-state index contributed by atoms with van der Waals surface area (Å²) in [5, 5.41) is 2.90. The zero-order valence-electron chi connectivity index (χ0n) is 15.2. The number of nitrogens with zero attached hydrogens (tertiary/aromatic N) is 1. The predicted molar refractivity (Wildman–Crippen MR) is 104 cm³/mol. The Labute approximate surface area is 153 Å². The minimum absolute atomic E-state index is 0.122. The van der Waals surface area contributed by atoms with E-state index in [-0.39, 0.29) is 11.8 Å². The molecule has 1 N–H and O–H groups in total. The Bertz CT molecular complexity index is 877. The van der Waals surface area contributed by atoms with Crippen molar-refractivity contribution >= 4 is 17.9 Å². The van der Waals surface area contributed by atoms with Gasteiger partial charge in [-0.05, 0) is 31.1 Å². The van der Waals surface area contributed by atoms with Crippen LogP contribution in [0.25, 0.3) is 6.08 Å². The average Bonchev–Trinajstić information content (AvgIpc) is 2.63. The van der Waals surface area contributed by atoms with Crippen molar-refractivity contribution in [1.82, 2.24) is 10.2 Å². The number of nitrogens with one attached hydrogen (secondary N) is 1. The van der Waals surface area contributed by atoms with Crippen LogP contribution < -0.4 is 5.32 Å². The van der Waals surface area contributed by atoms with Crippen molar-refractivity contribution in [1.29, 1.82) is 0 Å². The largest absolute Gasteiger partial charge is 0.327 e. The lowest BCUT2D eigenvalue weighted by Gasteiger charge is -2.29. The van der Waals surface area contributed by atoms with E-state index in [0.717, 1.165) is 16.7 Å². The van der Waals surface area contributed by atoms with Crippen LogP contribution in [0.3, 0.4) is 0 Å². The summed E-state index contributed by atoms with van der Waals surface area (Å²) in [6.45, 7) is 4.03. The van der Waals surface area contributed by atoms with E-state index in [1.165, 1.54) is 10.5 Å². The molecule has 0 fully saturated rings. The van der Waals surface area contributed by atoms with E-state index in [1.807, 2.05) is 62.4 Å². The fourth-order valence-corrected chi connectivity index (χ4v) is 2.82. The summed E-state index contributed by atoms with van der Waals surface area (Å²) in [4.78, 5) is 26.3. The van der Waals surface area contributed by atoms with Gasteiger partial charge in [0.25, 0.3) is 0 Å². The van der Waals surface area contributed by atoms with Gasteiger partial charge in [0.1, 0.15) is 0 Å². The van der Waals surface area contributed by atoms with E-state index in [4.69, 9.17) is 0 Å². The lowest BCUT2D eigenvalue weighted by molar-refractivity contribution is -0.111. The molecule has 0 saturated carbocycles. The molecular formula is C22H22N2O2. The molecule has 3 rings (SSSR count). The first kappa shape index (κ1) is 17.7. The molecule has 4 nitrogen and oxygen atoms in total. The monoisotopic (exact) mass is 346 g/mol. The van der Waals surface area contributed by atoms with Gasteiger partial charge in [0, 0.05) is 18.8 Å². The molecule has 0 aliphatic carbocycles. The zero-order valence-corrected chi connectivity index (χ0v) is 15.2. The third-order valence-electron chi connectivity index (χ3n) is 4.43. The first-order valence-electron chi connectivity index (χ1n) is 8.55. The first-order chi connectivity index (χ1) is 12.4. The van der Waals surface area contributed by atoms with Gasteiger partial charge in [-0.3, -0.25) is 4.79 Å². The van der Waals surface area contributed by atoms with Crippen molar-refractivity contribution in [2.75, 3.05) is 7.05 Å². The fraction of sp³-hybridized carbons (Fsp3) is 0.182. The number of benzene rings is 2. The zero-order chi connectivity index (χ0) is 18.7. The van der Waals surface area contributed by atoms with Gasteiger partial charge >= 0.3 is 6.03 Å². The number of carbonyl (C=O) groups is 2. The molecule has 0 spiro atoms. The summed E-state index contributed by atoms with van der Waals surface area (Å²) < 4.78 is 0. The van der Waals surface area contributed by atoms with Crippen molar-refractivity contribution in [3.05, 3.63) is 88.6 Å². The maximum absolute atomic E-state index is 12.8. The molecule has 4 heteroatoms. The normalized spacial score (nSPS) is 17.2. The third-order valence-corrected chi connectivity index (χ3v) is 4.43. The molecule has 2 amide bonds. The van der Waals surface area contributed by atoms with Crippen molar-refractivity contribution in [2.45, 2.75) is 19.9 Å². The van der Waals surface area contributed by atoms with Crippen LogP contribution in [0.2, 0.25) is 0 Å². The summed E-state index contributed by atoms with van der Waals surface area (Å²) in [6.07, 6.45) is 4.97. The minimum atomic E-state index is -0.450. The highest BCUT2D eigenvalue weighted by Crippen LogP contribution is 2.27. The summed E-state index contributed by atoms with van der Waals surface area (Å²) in [5.41, 5.74) is 4.70. The number of hydrogen-bond donors (Lipinski definition) is 1. The minimum Gasteiger partial charge on any atom is -0.327 e. The van der Waals surface area contributed by atoms with Crippen molar-refractivity contribution in [3.8, 4) is 0 Å². The maximum Gasteiger partial charge on any atom is 0.321 e. The number of ketones is 1. The number of aryl methyl sites for hydroxylation is 2. The van der Waals surface area contributed by atoms with Gasteiger partial charge in [-0.2, -0.15) is 0 Å². The van der Waals surface area contributed by atoms with Crippen LogP contribution in [0.1, 0.15) is 28.3 Å². The summed E-state index contributed by atoms with van der Waals surface area (Å²) >= 11 is 0. The number of urea groups is 1. The lowest BCUT2D eigenvalue weighted by Crippen LogP contribution is -2.43. The molecule has 0 bridgehead atoms. The van der Waals surface area contributed by atoms with E-state index in [2.05, 4.69) is 5.32 Å². The second-order valence-electron chi connectivity index (χ2n) is 6.60. The lowest BCUT2D eigenvalue weighted by atomic mass is 9.93. The summed E-state index contributed by atoms with van der Waals surface area (Å²) in [7, 11) is 1.64. The number of rotatable bonds is 4. The first-order valence-corrected chi connectivity index (χ1v) is 8.55. The molecule has 1 heterocycles. The molecule has 0 radical (unpaired) electrons. The number of carbonyl (C=O) groups excluding carboxylic acids is 2. The van der Waals surface area contributed by atoms with Crippen LogP contribution in [0.15, 0.2) is 66.4 Å². The van der Waals surface area contributed by atoms with Crippen LogP contribution >= 0.6 is 0 Å².